The van der Waals surface area contributed by atoms with Crippen molar-refractivity contribution in [3.05, 3.63) is 151 Å². The lowest BCUT2D eigenvalue weighted by atomic mass is 9.93. The van der Waals surface area contributed by atoms with Crippen molar-refractivity contribution in [3.63, 3.8) is 0 Å². The lowest BCUT2D eigenvalue weighted by Crippen LogP contribution is -2.40. The first-order valence-corrected chi connectivity index (χ1v) is 17.8. The van der Waals surface area contributed by atoms with E-state index in [1.165, 1.54) is 11.3 Å². The highest BCUT2D eigenvalue weighted by Crippen LogP contribution is 2.36. The fourth-order valence-corrected chi connectivity index (χ4v) is 8.39. The van der Waals surface area contributed by atoms with Crippen molar-refractivity contribution in [2.24, 2.45) is 4.99 Å². The second-order valence-corrected chi connectivity index (χ2v) is 14.0. The third-order valence-corrected chi connectivity index (χ3v) is 10.0. The molecule has 0 saturated heterocycles. The standard InChI is InChI=1S/C37H27I2N3O5S/c1-3-46-36(44)31-32(24-7-5-4-6-8-24)41-37-42(33(31)25-13-15-28(45-2)16-14-25)35(43)30(48-37)18-26-17-27(38)19-29(39)34(26)47-21-23-11-9-22(20-40)10-12-23/h4-19,33H,3,21H2,1-2H3/b30-18-/t33-/m0/s1. The number of hydrogen-bond donors (Lipinski definition) is 0. The molecule has 6 rings (SSSR count). The average molecular weight is 880 g/mol. The first kappa shape index (κ1) is 33.6. The maximum Gasteiger partial charge on any atom is 0.338 e. The van der Waals surface area contributed by atoms with Crippen LogP contribution in [0.4, 0.5) is 0 Å². The highest BCUT2D eigenvalue weighted by atomic mass is 127. The van der Waals surface area contributed by atoms with Crippen molar-refractivity contribution in [2.45, 2.75) is 19.6 Å². The van der Waals surface area contributed by atoms with Gasteiger partial charge in [0.15, 0.2) is 4.80 Å². The third kappa shape index (κ3) is 6.96. The molecule has 1 aliphatic rings. The number of methoxy groups -OCH3 is 1. The van der Waals surface area contributed by atoms with Gasteiger partial charge in [-0.05, 0) is 106 Å². The summed E-state index contributed by atoms with van der Waals surface area (Å²) < 4.78 is 21.2. The number of thiazole rings is 1. The van der Waals surface area contributed by atoms with E-state index in [2.05, 4.69) is 51.3 Å². The zero-order chi connectivity index (χ0) is 33.8. The van der Waals surface area contributed by atoms with Crippen LogP contribution < -0.4 is 24.4 Å². The molecule has 11 heteroatoms. The van der Waals surface area contributed by atoms with Crippen LogP contribution in [-0.2, 0) is 16.1 Å². The number of fused-ring (bicyclic) bond motifs is 1. The number of rotatable bonds is 9. The van der Waals surface area contributed by atoms with Crippen LogP contribution in [0.25, 0.3) is 11.8 Å². The molecule has 240 valence electrons. The Bertz CT molecular complexity index is 2260. The smallest absolute Gasteiger partial charge is 0.338 e. The summed E-state index contributed by atoms with van der Waals surface area (Å²) in [5.41, 5.74) is 4.12. The number of nitriles is 1. The van der Waals surface area contributed by atoms with Crippen molar-refractivity contribution in [2.75, 3.05) is 13.7 Å². The largest absolute Gasteiger partial charge is 0.497 e. The molecular formula is C37H27I2N3O5S. The van der Waals surface area contributed by atoms with Crippen LogP contribution in [0.3, 0.4) is 0 Å². The van der Waals surface area contributed by atoms with E-state index in [9.17, 15) is 9.59 Å². The monoisotopic (exact) mass is 879 g/mol. The highest BCUT2D eigenvalue weighted by Gasteiger charge is 2.35. The SMILES string of the molecule is CCOC(=O)C1=C(c2ccccc2)N=c2s/c(=C\c3cc(I)cc(I)c3OCc3ccc(C#N)cc3)c(=O)n2[C@H]1c1ccc(OC)cc1. The Balaban J connectivity index is 1.54. The molecule has 0 radical (unpaired) electrons. The van der Waals surface area contributed by atoms with E-state index < -0.39 is 12.0 Å². The number of ether oxygens (including phenoxy) is 3. The van der Waals surface area contributed by atoms with Gasteiger partial charge in [-0.15, -0.1) is 0 Å². The van der Waals surface area contributed by atoms with Crippen LogP contribution in [0.2, 0.25) is 0 Å². The summed E-state index contributed by atoms with van der Waals surface area (Å²) in [6, 6.07) is 29.3. The number of carbonyl (C=O) groups excluding carboxylic acids is 1. The Morgan fingerprint density at radius 2 is 1.77 bits per heavy atom. The van der Waals surface area contributed by atoms with Gasteiger partial charge in [-0.25, -0.2) is 9.79 Å². The summed E-state index contributed by atoms with van der Waals surface area (Å²) in [5.74, 6) is 0.744. The molecule has 2 heterocycles. The summed E-state index contributed by atoms with van der Waals surface area (Å²) in [5, 5.41) is 9.15. The van der Waals surface area contributed by atoms with Crippen LogP contribution in [0.15, 0.2) is 106 Å². The van der Waals surface area contributed by atoms with Gasteiger partial charge >= 0.3 is 5.97 Å². The van der Waals surface area contributed by atoms with Crippen LogP contribution in [0, 0.1) is 18.5 Å². The molecule has 0 spiro atoms. The lowest BCUT2D eigenvalue weighted by Gasteiger charge is -2.26. The molecule has 1 atom stereocenters. The quantitative estimate of drug-likeness (QED) is 0.122. The summed E-state index contributed by atoms with van der Waals surface area (Å²) in [6.07, 6.45) is 1.82. The van der Waals surface area contributed by atoms with Crippen molar-refractivity contribution in [1.82, 2.24) is 4.57 Å². The lowest BCUT2D eigenvalue weighted by molar-refractivity contribution is -0.138. The zero-order valence-corrected chi connectivity index (χ0v) is 30.9. The molecule has 48 heavy (non-hydrogen) atoms. The van der Waals surface area contributed by atoms with Gasteiger partial charge in [-0.3, -0.25) is 9.36 Å². The van der Waals surface area contributed by atoms with Crippen LogP contribution >= 0.6 is 56.5 Å². The Hall–Kier alpha value is -4.26. The van der Waals surface area contributed by atoms with Crippen LogP contribution in [0.1, 0.15) is 40.8 Å². The number of aromatic nitrogens is 1. The summed E-state index contributed by atoms with van der Waals surface area (Å²) >= 11 is 5.74. The minimum absolute atomic E-state index is 0.167. The molecule has 8 nitrogen and oxygen atoms in total. The van der Waals surface area contributed by atoms with Crippen molar-refractivity contribution in [1.29, 1.82) is 5.26 Å². The summed E-state index contributed by atoms with van der Waals surface area (Å²) in [7, 11) is 1.59. The number of halogens is 2. The number of hydrogen-bond acceptors (Lipinski definition) is 8. The maximum absolute atomic E-state index is 14.4. The number of esters is 1. The Labute approximate surface area is 307 Å². The van der Waals surface area contributed by atoms with E-state index in [1.807, 2.05) is 84.9 Å². The van der Waals surface area contributed by atoms with Gasteiger partial charge in [0.1, 0.15) is 18.1 Å². The van der Waals surface area contributed by atoms with Gasteiger partial charge in [0.05, 0.1) is 50.8 Å². The first-order valence-electron chi connectivity index (χ1n) is 14.8. The van der Waals surface area contributed by atoms with Gasteiger partial charge in [0.25, 0.3) is 5.56 Å². The molecule has 5 aromatic rings. The molecule has 1 aromatic heterocycles. The van der Waals surface area contributed by atoms with Crippen molar-refractivity contribution < 1.29 is 19.0 Å². The minimum Gasteiger partial charge on any atom is -0.497 e. The molecule has 0 bridgehead atoms. The van der Waals surface area contributed by atoms with Gasteiger partial charge in [0.2, 0.25) is 0 Å². The molecule has 0 fully saturated rings. The van der Waals surface area contributed by atoms with E-state index >= 15 is 0 Å². The van der Waals surface area contributed by atoms with E-state index in [4.69, 9.17) is 24.5 Å². The number of benzene rings is 4. The van der Waals surface area contributed by atoms with Gasteiger partial charge in [-0.2, -0.15) is 5.26 Å². The Morgan fingerprint density at radius 3 is 2.44 bits per heavy atom. The Kier molecular flexibility index (Phi) is 10.4. The van der Waals surface area contributed by atoms with Crippen molar-refractivity contribution >= 4 is 74.3 Å². The Morgan fingerprint density at radius 1 is 1.04 bits per heavy atom. The van der Waals surface area contributed by atoms with Gasteiger partial charge in [-0.1, -0.05) is 65.9 Å². The van der Waals surface area contributed by atoms with E-state index in [-0.39, 0.29) is 24.3 Å². The van der Waals surface area contributed by atoms with Gasteiger partial charge < -0.3 is 14.2 Å². The highest BCUT2D eigenvalue weighted by molar-refractivity contribution is 14.1. The molecule has 0 saturated carbocycles. The predicted octanol–water partition coefficient (Wildman–Crippen LogP) is 6.60. The molecule has 0 amide bonds. The third-order valence-electron chi connectivity index (χ3n) is 7.60. The molecule has 0 aliphatic carbocycles. The van der Waals surface area contributed by atoms with E-state index in [1.54, 1.807) is 30.7 Å². The predicted molar refractivity (Wildman–Crippen MR) is 201 cm³/mol. The minimum atomic E-state index is -0.799. The molecular weight excluding hydrogens is 852 g/mol. The molecule has 0 unspecified atom stereocenters. The van der Waals surface area contributed by atoms with Crippen molar-refractivity contribution in [3.8, 4) is 17.6 Å². The maximum atomic E-state index is 14.4. The van der Waals surface area contributed by atoms with Crippen LogP contribution in [0.5, 0.6) is 11.5 Å². The molecule has 1 aliphatic heterocycles. The average Bonchev–Trinajstić information content (AvgIpc) is 3.41. The number of carbonyl (C=O) groups is 1. The van der Waals surface area contributed by atoms with E-state index in [0.29, 0.717) is 37.7 Å². The fraction of sp³-hybridized carbons (Fsp3) is 0.135. The first-order chi connectivity index (χ1) is 23.3. The molecule has 0 N–H and O–H groups in total. The fourth-order valence-electron chi connectivity index (χ4n) is 5.35. The van der Waals surface area contributed by atoms with Gasteiger partial charge in [0, 0.05) is 14.7 Å². The second-order valence-electron chi connectivity index (χ2n) is 10.6. The second kappa shape index (κ2) is 14.9. The molecule has 4 aromatic carbocycles. The number of nitrogens with zero attached hydrogens (tertiary/aromatic N) is 3. The zero-order valence-electron chi connectivity index (χ0n) is 25.8. The summed E-state index contributed by atoms with van der Waals surface area (Å²) in [4.78, 5) is 33.6. The summed E-state index contributed by atoms with van der Waals surface area (Å²) in [6.45, 7) is 2.20. The van der Waals surface area contributed by atoms with E-state index in [0.717, 1.165) is 23.8 Å². The normalized spacial score (nSPS) is 14.1. The topological polar surface area (TPSA) is 103 Å². The van der Waals surface area contributed by atoms with Crippen LogP contribution in [-0.4, -0.2) is 24.3 Å².